The fourth-order valence-electron chi connectivity index (χ4n) is 3.98. The van der Waals surface area contributed by atoms with E-state index in [1.165, 1.54) is 0 Å². The summed E-state index contributed by atoms with van der Waals surface area (Å²) in [6.45, 7) is 2.50. The molecule has 1 aliphatic rings. The van der Waals surface area contributed by atoms with Crippen LogP contribution in [-0.4, -0.2) is 25.2 Å². The van der Waals surface area contributed by atoms with Gasteiger partial charge in [0.15, 0.2) is 0 Å². The summed E-state index contributed by atoms with van der Waals surface area (Å²) < 4.78 is 29.5. The molecule has 0 saturated carbocycles. The number of carbonyl (C=O) groups is 1. The van der Waals surface area contributed by atoms with Crippen LogP contribution in [0.4, 0.5) is 5.69 Å². The fourth-order valence-corrected chi connectivity index (χ4v) is 6.18. The molecule has 0 bridgehead atoms. The number of hydrogen-bond acceptors (Lipinski definition) is 3. The summed E-state index contributed by atoms with van der Waals surface area (Å²) >= 11 is 2.20. The number of rotatable bonds is 5. The zero-order valence-electron chi connectivity index (χ0n) is 17.8. The maximum Gasteiger partial charge on any atom is 0.255 e. The highest BCUT2D eigenvalue weighted by molar-refractivity contribution is 14.1. The van der Waals surface area contributed by atoms with Crippen LogP contribution in [0.2, 0.25) is 0 Å². The Morgan fingerprint density at radius 2 is 1.72 bits per heavy atom. The average molecular weight is 560 g/mol. The first-order valence-electron chi connectivity index (χ1n) is 10.6. The van der Waals surface area contributed by atoms with E-state index in [2.05, 4.69) is 27.9 Å². The largest absolute Gasteiger partial charge is 0.322 e. The van der Waals surface area contributed by atoms with Gasteiger partial charge in [0.1, 0.15) is 0 Å². The predicted molar refractivity (Wildman–Crippen MR) is 135 cm³/mol. The maximum atomic E-state index is 13.4. The fraction of sp³-hybridized carbons (Fsp3) is 0.240. The number of nitrogens with zero attached hydrogens (tertiary/aromatic N) is 1. The molecule has 0 spiro atoms. The summed E-state index contributed by atoms with van der Waals surface area (Å²) in [5.74, 6) is -0.223. The molecule has 1 saturated heterocycles. The summed E-state index contributed by atoms with van der Waals surface area (Å²) in [7, 11) is -3.65. The number of piperidine rings is 1. The highest BCUT2D eigenvalue weighted by Crippen LogP contribution is 2.35. The molecule has 1 fully saturated rings. The van der Waals surface area contributed by atoms with Crippen LogP contribution in [0.5, 0.6) is 0 Å². The van der Waals surface area contributed by atoms with Crippen LogP contribution in [0, 0.1) is 10.5 Å². The Hall–Kier alpha value is -2.23. The van der Waals surface area contributed by atoms with Gasteiger partial charge in [0.05, 0.1) is 10.9 Å². The topological polar surface area (TPSA) is 66.5 Å². The number of benzene rings is 3. The van der Waals surface area contributed by atoms with Crippen molar-refractivity contribution in [2.45, 2.75) is 37.1 Å². The summed E-state index contributed by atoms with van der Waals surface area (Å²) in [5, 5.41) is 2.85. The smallest absolute Gasteiger partial charge is 0.255 e. The molecule has 7 heteroatoms. The van der Waals surface area contributed by atoms with Crippen molar-refractivity contribution in [2.24, 2.45) is 0 Å². The van der Waals surface area contributed by atoms with Crippen LogP contribution >= 0.6 is 22.6 Å². The lowest BCUT2D eigenvalue weighted by atomic mass is 9.98. The first-order chi connectivity index (χ1) is 15.4. The molecule has 0 radical (unpaired) electrons. The van der Waals surface area contributed by atoms with E-state index in [1.54, 1.807) is 34.6 Å². The second-order valence-corrected chi connectivity index (χ2v) is 11.0. The molecular weight excluding hydrogens is 535 g/mol. The zero-order valence-corrected chi connectivity index (χ0v) is 20.8. The number of amides is 1. The molecule has 1 amide bonds. The van der Waals surface area contributed by atoms with Gasteiger partial charge < -0.3 is 5.32 Å². The molecule has 1 heterocycles. The van der Waals surface area contributed by atoms with E-state index in [-0.39, 0.29) is 16.8 Å². The number of anilines is 1. The van der Waals surface area contributed by atoms with Gasteiger partial charge in [-0.25, -0.2) is 8.42 Å². The van der Waals surface area contributed by atoms with E-state index in [1.807, 2.05) is 49.4 Å². The summed E-state index contributed by atoms with van der Waals surface area (Å²) in [4.78, 5) is 12.8. The minimum atomic E-state index is -3.65. The minimum Gasteiger partial charge on any atom is -0.322 e. The average Bonchev–Trinajstić information content (AvgIpc) is 2.82. The first-order valence-corrected chi connectivity index (χ1v) is 13.1. The van der Waals surface area contributed by atoms with Crippen molar-refractivity contribution < 1.29 is 13.2 Å². The number of halogens is 1. The predicted octanol–water partition coefficient (Wildman–Crippen LogP) is 5.77. The molecule has 32 heavy (non-hydrogen) atoms. The molecule has 0 aliphatic carbocycles. The van der Waals surface area contributed by atoms with E-state index in [4.69, 9.17) is 0 Å². The van der Waals surface area contributed by atoms with Gasteiger partial charge in [-0.15, -0.1) is 0 Å². The maximum absolute atomic E-state index is 13.4. The van der Waals surface area contributed by atoms with Crippen LogP contribution in [-0.2, 0) is 10.0 Å². The third kappa shape index (κ3) is 4.89. The van der Waals surface area contributed by atoms with Gasteiger partial charge in [-0.2, -0.15) is 4.31 Å². The van der Waals surface area contributed by atoms with E-state index in [9.17, 15) is 13.2 Å². The monoisotopic (exact) mass is 560 g/mol. The van der Waals surface area contributed by atoms with Crippen molar-refractivity contribution in [2.75, 3.05) is 11.9 Å². The van der Waals surface area contributed by atoms with Gasteiger partial charge in [-0.05, 0) is 89.9 Å². The number of aryl methyl sites for hydroxylation is 1. The molecule has 0 aromatic heterocycles. The molecule has 3 aromatic carbocycles. The summed E-state index contributed by atoms with van der Waals surface area (Å²) in [6.07, 6.45) is 2.67. The molecule has 1 atom stereocenters. The Balaban J connectivity index is 1.53. The van der Waals surface area contributed by atoms with E-state index in [0.717, 1.165) is 34.0 Å². The second-order valence-electron chi connectivity index (χ2n) is 7.98. The highest BCUT2D eigenvalue weighted by Gasteiger charge is 2.34. The number of hydrogen-bond donors (Lipinski definition) is 1. The molecule has 166 valence electrons. The van der Waals surface area contributed by atoms with Crippen molar-refractivity contribution in [1.82, 2.24) is 4.31 Å². The molecule has 4 rings (SSSR count). The Labute approximate surface area is 203 Å². The SMILES string of the molecule is Cc1ccc(C(=O)Nc2ccc(S(=O)(=O)N3CCCCC3c3ccccc3)cc2)cc1I. The van der Waals surface area contributed by atoms with E-state index >= 15 is 0 Å². The van der Waals surface area contributed by atoms with Crippen LogP contribution < -0.4 is 5.32 Å². The lowest BCUT2D eigenvalue weighted by molar-refractivity contribution is 0.102. The minimum absolute atomic E-state index is 0.154. The van der Waals surface area contributed by atoms with Gasteiger partial charge >= 0.3 is 0 Å². The van der Waals surface area contributed by atoms with Crippen molar-refractivity contribution in [3.05, 3.63) is 93.1 Å². The molecular formula is C25H25IN2O3S. The lowest BCUT2D eigenvalue weighted by Gasteiger charge is -2.35. The van der Waals surface area contributed by atoms with Gasteiger partial charge in [-0.3, -0.25) is 4.79 Å². The van der Waals surface area contributed by atoms with Crippen LogP contribution in [0.1, 0.15) is 46.8 Å². The van der Waals surface area contributed by atoms with E-state index in [0.29, 0.717) is 17.8 Å². The van der Waals surface area contributed by atoms with Crippen molar-refractivity contribution in [1.29, 1.82) is 0 Å². The normalized spacial score (nSPS) is 17.1. The van der Waals surface area contributed by atoms with Crippen LogP contribution in [0.15, 0.2) is 77.7 Å². The number of sulfonamides is 1. The third-order valence-electron chi connectivity index (χ3n) is 5.79. The Kier molecular flexibility index (Phi) is 6.97. The number of nitrogens with one attached hydrogen (secondary N) is 1. The van der Waals surface area contributed by atoms with Gasteiger partial charge in [-0.1, -0.05) is 42.8 Å². The second kappa shape index (κ2) is 9.72. The molecule has 1 unspecified atom stereocenters. The highest BCUT2D eigenvalue weighted by atomic mass is 127. The standard InChI is InChI=1S/C25H25IN2O3S/c1-18-10-11-20(17-23(18)26)25(29)27-21-12-14-22(15-13-21)32(30,31)28-16-6-5-9-24(28)19-7-3-2-4-8-19/h2-4,7-8,10-15,17,24H,5-6,9,16H2,1H3,(H,27,29). The molecule has 3 aromatic rings. The van der Waals surface area contributed by atoms with Gasteiger partial charge in [0.2, 0.25) is 10.0 Å². The molecule has 5 nitrogen and oxygen atoms in total. The first kappa shape index (κ1) is 22.9. The Bertz CT molecular complexity index is 1210. The lowest BCUT2D eigenvalue weighted by Crippen LogP contribution is -2.38. The van der Waals surface area contributed by atoms with Crippen LogP contribution in [0.3, 0.4) is 0 Å². The van der Waals surface area contributed by atoms with Gasteiger partial charge in [0.25, 0.3) is 5.91 Å². The third-order valence-corrected chi connectivity index (χ3v) is 8.88. The van der Waals surface area contributed by atoms with Crippen molar-refractivity contribution in [3.8, 4) is 0 Å². The van der Waals surface area contributed by atoms with Gasteiger partial charge in [0, 0.05) is 21.4 Å². The van der Waals surface area contributed by atoms with Crippen molar-refractivity contribution in [3.63, 3.8) is 0 Å². The van der Waals surface area contributed by atoms with Crippen molar-refractivity contribution >= 4 is 44.2 Å². The Morgan fingerprint density at radius 3 is 2.41 bits per heavy atom. The van der Waals surface area contributed by atoms with Crippen LogP contribution in [0.25, 0.3) is 0 Å². The summed E-state index contributed by atoms with van der Waals surface area (Å²) in [6, 6.07) is 21.6. The quantitative estimate of drug-likeness (QED) is 0.403. The zero-order chi connectivity index (χ0) is 22.7. The summed E-state index contributed by atoms with van der Waals surface area (Å²) in [5.41, 5.74) is 3.26. The van der Waals surface area contributed by atoms with E-state index < -0.39 is 10.0 Å². The molecule has 1 N–H and O–H groups in total. The number of carbonyl (C=O) groups excluding carboxylic acids is 1. The molecule has 1 aliphatic heterocycles. The Morgan fingerprint density at radius 1 is 1.00 bits per heavy atom.